The molecule has 1 N–H and O–H groups in total. The first-order chi connectivity index (χ1) is 7.22. The molecule has 0 bridgehead atoms. The molecule has 1 amide bonds. The lowest BCUT2D eigenvalue weighted by molar-refractivity contribution is -0.119. The van der Waals surface area contributed by atoms with Crippen LogP contribution in [0.1, 0.15) is 6.42 Å². The molecule has 3 nitrogen and oxygen atoms in total. The number of halogens is 1. The molecule has 0 aromatic heterocycles. The van der Waals surface area contributed by atoms with Crippen LogP contribution in [0.2, 0.25) is 0 Å². The SMILES string of the molecule is N#CNC(=O)CCSc1ccc(F)cc1. The van der Waals surface area contributed by atoms with Gasteiger partial charge in [-0.05, 0) is 24.3 Å². The Bertz CT molecular complexity index is 372. The maximum Gasteiger partial charge on any atom is 0.233 e. The van der Waals surface area contributed by atoms with Crippen molar-refractivity contribution in [1.82, 2.24) is 5.32 Å². The Labute approximate surface area is 91.3 Å². The summed E-state index contributed by atoms with van der Waals surface area (Å²) in [5, 5.41) is 10.2. The van der Waals surface area contributed by atoms with Crippen molar-refractivity contribution in [3.05, 3.63) is 30.1 Å². The molecule has 1 aromatic rings. The van der Waals surface area contributed by atoms with Gasteiger partial charge in [0, 0.05) is 17.1 Å². The van der Waals surface area contributed by atoms with Gasteiger partial charge in [0.2, 0.25) is 5.91 Å². The monoisotopic (exact) mass is 224 g/mol. The van der Waals surface area contributed by atoms with Crippen molar-refractivity contribution in [3.8, 4) is 6.19 Å². The van der Waals surface area contributed by atoms with E-state index in [2.05, 4.69) is 0 Å². The third-order valence-electron chi connectivity index (χ3n) is 1.61. The minimum Gasteiger partial charge on any atom is -0.274 e. The Morgan fingerprint density at radius 1 is 1.47 bits per heavy atom. The van der Waals surface area contributed by atoms with Gasteiger partial charge < -0.3 is 0 Å². The largest absolute Gasteiger partial charge is 0.274 e. The Kier molecular flexibility index (Phi) is 4.64. The van der Waals surface area contributed by atoms with Gasteiger partial charge in [0.1, 0.15) is 5.82 Å². The van der Waals surface area contributed by atoms with E-state index in [0.717, 1.165) is 4.90 Å². The maximum atomic E-state index is 12.5. The molecule has 15 heavy (non-hydrogen) atoms. The first-order valence-electron chi connectivity index (χ1n) is 4.28. The Morgan fingerprint density at radius 3 is 2.73 bits per heavy atom. The average molecular weight is 224 g/mol. The number of thioether (sulfide) groups is 1. The van der Waals surface area contributed by atoms with Crippen LogP contribution < -0.4 is 5.32 Å². The predicted molar refractivity (Wildman–Crippen MR) is 55.5 cm³/mol. The van der Waals surface area contributed by atoms with E-state index in [9.17, 15) is 9.18 Å². The predicted octanol–water partition coefficient (Wildman–Crippen LogP) is 1.91. The molecule has 0 spiro atoms. The van der Waals surface area contributed by atoms with Crippen LogP contribution in [0.3, 0.4) is 0 Å². The fourth-order valence-corrected chi connectivity index (χ4v) is 1.77. The molecule has 5 heteroatoms. The summed E-state index contributed by atoms with van der Waals surface area (Å²) in [6.45, 7) is 0. The van der Waals surface area contributed by atoms with E-state index in [0.29, 0.717) is 5.75 Å². The first-order valence-corrected chi connectivity index (χ1v) is 5.27. The highest BCUT2D eigenvalue weighted by Crippen LogP contribution is 2.18. The molecule has 0 unspecified atom stereocenters. The second kappa shape index (κ2) is 6.04. The molecule has 0 saturated carbocycles. The van der Waals surface area contributed by atoms with Crippen molar-refractivity contribution in [3.63, 3.8) is 0 Å². The minimum atomic E-state index is -0.299. The number of hydrogen-bond acceptors (Lipinski definition) is 3. The van der Waals surface area contributed by atoms with E-state index in [1.165, 1.54) is 23.9 Å². The van der Waals surface area contributed by atoms with E-state index in [1.54, 1.807) is 18.3 Å². The fourth-order valence-electron chi connectivity index (χ4n) is 0.917. The zero-order valence-electron chi connectivity index (χ0n) is 7.87. The number of rotatable bonds is 4. The molecule has 0 saturated heterocycles. The van der Waals surface area contributed by atoms with Crippen molar-refractivity contribution in [1.29, 1.82) is 5.26 Å². The Balaban J connectivity index is 2.29. The number of carbonyl (C=O) groups excluding carboxylic acids is 1. The van der Waals surface area contributed by atoms with Gasteiger partial charge in [-0.3, -0.25) is 10.1 Å². The molecule has 78 valence electrons. The second-order valence-electron chi connectivity index (χ2n) is 2.71. The maximum absolute atomic E-state index is 12.5. The first kappa shape index (κ1) is 11.5. The number of nitrogens with zero attached hydrogens (tertiary/aromatic N) is 1. The summed E-state index contributed by atoms with van der Waals surface area (Å²) >= 11 is 1.45. The van der Waals surface area contributed by atoms with E-state index in [4.69, 9.17) is 5.26 Å². The van der Waals surface area contributed by atoms with E-state index < -0.39 is 0 Å². The van der Waals surface area contributed by atoms with Gasteiger partial charge in [0.15, 0.2) is 6.19 Å². The molecule has 1 rings (SSSR count). The normalized spacial score (nSPS) is 9.33. The zero-order chi connectivity index (χ0) is 11.1. The summed E-state index contributed by atoms with van der Waals surface area (Å²) in [4.78, 5) is 11.8. The van der Waals surface area contributed by atoms with Crippen LogP contribution >= 0.6 is 11.8 Å². The van der Waals surface area contributed by atoms with Crippen molar-refractivity contribution in [2.75, 3.05) is 5.75 Å². The second-order valence-corrected chi connectivity index (χ2v) is 3.88. The summed E-state index contributed by atoms with van der Waals surface area (Å²) in [6, 6.07) is 6.06. The molecular formula is C10H9FN2OS. The third-order valence-corrected chi connectivity index (χ3v) is 2.62. The van der Waals surface area contributed by atoms with Gasteiger partial charge in [-0.25, -0.2) is 4.39 Å². The lowest BCUT2D eigenvalue weighted by Crippen LogP contribution is -2.17. The number of nitrogens with one attached hydrogen (secondary N) is 1. The van der Waals surface area contributed by atoms with Crippen molar-refractivity contribution < 1.29 is 9.18 Å². The summed E-state index contributed by atoms with van der Waals surface area (Å²) in [5.41, 5.74) is 0. The van der Waals surface area contributed by atoms with Gasteiger partial charge in [0.25, 0.3) is 0 Å². The van der Waals surface area contributed by atoms with E-state index in [-0.39, 0.29) is 18.1 Å². The van der Waals surface area contributed by atoms with E-state index in [1.807, 2.05) is 5.32 Å². The number of benzene rings is 1. The topological polar surface area (TPSA) is 52.9 Å². The van der Waals surface area contributed by atoms with Crippen molar-refractivity contribution >= 4 is 17.7 Å². The smallest absolute Gasteiger partial charge is 0.233 e. The highest BCUT2D eigenvalue weighted by atomic mass is 32.2. The van der Waals surface area contributed by atoms with Crippen LogP contribution in [0.15, 0.2) is 29.2 Å². The fraction of sp³-hybridized carbons (Fsp3) is 0.200. The average Bonchev–Trinajstić information content (AvgIpc) is 2.21. The van der Waals surface area contributed by atoms with Gasteiger partial charge >= 0.3 is 0 Å². The number of carbonyl (C=O) groups is 1. The summed E-state index contributed by atoms with van der Waals surface area (Å²) in [5.74, 6) is -0.00669. The summed E-state index contributed by atoms with van der Waals surface area (Å²) in [6.07, 6.45) is 1.84. The van der Waals surface area contributed by atoms with Crippen LogP contribution in [0, 0.1) is 17.3 Å². The molecule has 1 aromatic carbocycles. The highest BCUT2D eigenvalue weighted by Gasteiger charge is 2.00. The third kappa shape index (κ3) is 4.47. The molecule has 0 atom stereocenters. The lowest BCUT2D eigenvalue weighted by Gasteiger charge is -1.99. The Hall–Kier alpha value is -1.54. The quantitative estimate of drug-likeness (QED) is 0.483. The Morgan fingerprint density at radius 2 is 2.13 bits per heavy atom. The number of hydrogen-bond donors (Lipinski definition) is 1. The molecule has 0 fully saturated rings. The van der Waals surface area contributed by atoms with Crippen molar-refractivity contribution in [2.24, 2.45) is 0 Å². The molecular weight excluding hydrogens is 215 g/mol. The highest BCUT2D eigenvalue weighted by molar-refractivity contribution is 7.99. The lowest BCUT2D eigenvalue weighted by atomic mass is 10.4. The van der Waals surface area contributed by atoms with Gasteiger partial charge in [-0.2, -0.15) is 5.26 Å². The molecule has 0 radical (unpaired) electrons. The molecule has 0 heterocycles. The van der Waals surface area contributed by atoms with Gasteiger partial charge in [-0.15, -0.1) is 11.8 Å². The van der Waals surface area contributed by atoms with Gasteiger partial charge in [0.05, 0.1) is 0 Å². The summed E-state index contributed by atoms with van der Waals surface area (Å²) in [7, 11) is 0. The molecule has 0 aliphatic rings. The standard InChI is InChI=1S/C10H9FN2OS/c11-8-1-3-9(4-2-8)15-6-5-10(14)13-7-12/h1-4H,5-6H2,(H,13,14). The summed E-state index contributed by atoms with van der Waals surface area (Å²) < 4.78 is 12.5. The zero-order valence-corrected chi connectivity index (χ0v) is 8.68. The number of nitriles is 1. The van der Waals surface area contributed by atoms with E-state index >= 15 is 0 Å². The number of amides is 1. The van der Waals surface area contributed by atoms with Crippen LogP contribution in [-0.4, -0.2) is 11.7 Å². The van der Waals surface area contributed by atoms with Crippen LogP contribution in [0.25, 0.3) is 0 Å². The molecule has 0 aliphatic carbocycles. The van der Waals surface area contributed by atoms with Crippen molar-refractivity contribution in [2.45, 2.75) is 11.3 Å². The van der Waals surface area contributed by atoms with Gasteiger partial charge in [-0.1, -0.05) is 0 Å². The van der Waals surface area contributed by atoms with Crippen LogP contribution in [0.5, 0.6) is 0 Å². The van der Waals surface area contributed by atoms with Crippen LogP contribution in [-0.2, 0) is 4.79 Å². The molecule has 0 aliphatic heterocycles. The minimum absolute atomic E-state index is 0.273. The van der Waals surface area contributed by atoms with Crippen LogP contribution in [0.4, 0.5) is 4.39 Å².